The van der Waals surface area contributed by atoms with Crippen LogP contribution in [0.3, 0.4) is 0 Å². The van der Waals surface area contributed by atoms with Crippen LogP contribution in [-0.2, 0) is 6.54 Å². The van der Waals surface area contributed by atoms with Gasteiger partial charge < -0.3 is 15.3 Å². The van der Waals surface area contributed by atoms with Crippen molar-refractivity contribution >= 4 is 27.9 Å². The van der Waals surface area contributed by atoms with E-state index in [1.165, 1.54) is 0 Å². The molecule has 32 heavy (non-hydrogen) atoms. The predicted octanol–water partition coefficient (Wildman–Crippen LogP) is 5.39. The molecule has 4 aromatic rings. The van der Waals surface area contributed by atoms with Crippen LogP contribution in [0.15, 0.2) is 79.4 Å². The Bertz CT molecular complexity index is 1380. The lowest BCUT2D eigenvalue weighted by atomic mass is 9.87. The van der Waals surface area contributed by atoms with Crippen LogP contribution in [0.5, 0.6) is 0 Å². The van der Waals surface area contributed by atoms with Crippen LogP contribution in [0.4, 0.5) is 0 Å². The topological polar surface area (TPSA) is 89.6 Å². The molecule has 0 spiro atoms. The molecule has 0 saturated carbocycles. The molecule has 162 valence electrons. The second kappa shape index (κ2) is 8.30. The minimum Gasteiger partial charge on any atom is -0.401 e. The molecular formula is C26H27N5O. The quantitative estimate of drug-likeness (QED) is 0.320. The number of H-pyrrole nitrogens is 1. The van der Waals surface area contributed by atoms with Gasteiger partial charge in [-0.15, -0.1) is 0 Å². The summed E-state index contributed by atoms with van der Waals surface area (Å²) in [6.07, 6.45) is 12.8. The van der Waals surface area contributed by atoms with Crippen LogP contribution in [0, 0.1) is 5.41 Å². The van der Waals surface area contributed by atoms with Gasteiger partial charge in [-0.25, -0.2) is 9.97 Å². The van der Waals surface area contributed by atoms with Crippen LogP contribution in [0.25, 0.3) is 33.3 Å². The summed E-state index contributed by atoms with van der Waals surface area (Å²) in [6.45, 7) is 9.96. The second-order valence-electron chi connectivity index (χ2n) is 8.81. The number of aromatic amines is 1. The van der Waals surface area contributed by atoms with E-state index in [9.17, 15) is 4.79 Å². The number of hydrogen-bond acceptors (Lipinski definition) is 4. The monoisotopic (exact) mass is 425 g/mol. The predicted molar refractivity (Wildman–Crippen MR) is 130 cm³/mol. The summed E-state index contributed by atoms with van der Waals surface area (Å²) >= 11 is 0. The normalized spacial score (nSPS) is 12.8. The first kappa shape index (κ1) is 21.3. The fraction of sp³-hybridized carbons (Fsp3) is 0.192. The summed E-state index contributed by atoms with van der Waals surface area (Å²) in [7, 11) is 0. The first-order chi connectivity index (χ1) is 15.3. The van der Waals surface area contributed by atoms with Gasteiger partial charge in [0.1, 0.15) is 5.52 Å². The van der Waals surface area contributed by atoms with Crippen LogP contribution in [-0.4, -0.2) is 25.3 Å². The highest BCUT2D eigenvalue weighted by Crippen LogP contribution is 2.28. The van der Waals surface area contributed by atoms with Gasteiger partial charge in [0, 0.05) is 40.0 Å². The maximum Gasteiger partial charge on any atom is 0.171 e. The molecule has 0 aliphatic heterocycles. The van der Waals surface area contributed by atoms with Crippen molar-refractivity contribution in [2.45, 2.75) is 27.3 Å². The maximum atomic E-state index is 12.8. The van der Waals surface area contributed by atoms with Crippen LogP contribution in [0.2, 0.25) is 0 Å². The van der Waals surface area contributed by atoms with Gasteiger partial charge in [0.2, 0.25) is 0 Å². The molecule has 0 amide bonds. The second-order valence-corrected chi connectivity index (χ2v) is 8.81. The van der Waals surface area contributed by atoms with Gasteiger partial charge in [-0.2, -0.15) is 0 Å². The Morgan fingerprint density at radius 3 is 2.81 bits per heavy atom. The summed E-state index contributed by atoms with van der Waals surface area (Å²) < 4.78 is 2.10. The van der Waals surface area contributed by atoms with E-state index < -0.39 is 5.41 Å². The highest BCUT2D eigenvalue weighted by atomic mass is 16.1. The molecule has 3 N–H and O–H groups in total. The molecule has 1 aromatic carbocycles. The molecule has 6 nitrogen and oxygen atoms in total. The summed E-state index contributed by atoms with van der Waals surface area (Å²) in [5.74, 6) is 0.0382. The first-order valence-electron chi connectivity index (χ1n) is 10.5. The van der Waals surface area contributed by atoms with E-state index in [4.69, 9.17) is 10.7 Å². The number of allylic oxidation sites excluding steroid dienone is 5. The minimum atomic E-state index is -0.494. The highest BCUT2D eigenvalue weighted by molar-refractivity contribution is 6.08. The highest BCUT2D eigenvalue weighted by Gasteiger charge is 2.26. The van der Waals surface area contributed by atoms with Crippen molar-refractivity contribution in [3.63, 3.8) is 0 Å². The number of carbonyl (C=O) groups excluding carboxylic acids is 1. The van der Waals surface area contributed by atoms with Crippen molar-refractivity contribution < 1.29 is 4.79 Å². The SMILES string of the molecule is C=C/C=C\C=C(/N)Cn1ccc2cc(-c3cnc4[nH]cc(C(=O)C(C)(C)C)c4n3)ccc21. The number of hydrogen-bond donors (Lipinski definition) is 2. The number of fused-ring (bicyclic) bond motifs is 2. The molecule has 0 aliphatic rings. The van der Waals surface area contributed by atoms with E-state index in [0.717, 1.165) is 27.9 Å². The van der Waals surface area contributed by atoms with Crippen molar-refractivity contribution in [1.29, 1.82) is 0 Å². The number of aromatic nitrogens is 4. The van der Waals surface area contributed by atoms with Crippen molar-refractivity contribution in [3.8, 4) is 11.3 Å². The lowest BCUT2D eigenvalue weighted by molar-refractivity contribution is 0.0860. The van der Waals surface area contributed by atoms with E-state index in [-0.39, 0.29) is 5.78 Å². The molecule has 0 unspecified atom stereocenters. The van der Waals surface area contributed by atoms with Gasteiger partial charge in [0.05, 0.1) is 24.0 Å². The van der Waals surface area contributed by atoms with E-state index in [0.29, 0.717) is 23.3 Å². The van der Waals surface area contributed by atoms with Crippen molar-refractivity contribution in [3.05, 3.63) is 85.0 Å². The number of nitrogens with zero attached hydrogens (tertiary/aromatic N) is 3. The number of Topliss-reactive ketones (excluding diaryl/α,β-unsaturated/α-hetero) is 1. The molecule has 0 bridgehead atoms. The fourth-order valence-corrected chi connectivity index (χ4v) is 3.61. The average molecular weight is 426 g/mol. The molecule has 6 heteroatoms. The third-order valence-corrected chi connectivity index (χ3v) is 5.28. The van der Waals surface area contributed by atoms with E-state index in [2.05, 4.69) is 39.3 Å². The molecule has 3 aromatic heterocycles. The van der Waals surface area contributed by atoms with E-state index in [1.807, 2.05) is 51.3 Å². The molecule has 0 fully saturated rings. The molecule has 0 radical (unpaired) electrons. The first-order valence-corrected chi connectivity index (χ1v) is 10.5. The Balaban J connectivity index is 1.68. The zero-order valence-electron chi connectivity index (χ0n) is 18.6. The number of ketones is 1. The Hall–Kier alpha value is -3.93. The van der Waals surface area contributed by atoms with Gasteiger partial charge in [0.15, 0.2) is 11.4 Å². The third-order valence-electron chi connectivity index (χ3n) is 5.28. The zero-order chi connectivity index (χ0) is 22.9. The van der Waals surface area contributed by atoms with Gasteiger partial charge in [-0.05, 0) is 24.3 Å². The molecule has 4 rings (SSSR count). The van der Waals surface area contributed by atoms with Crippen LogP contribution < -0.4 is 5.73 Å². The van der Waals surface area contributed by atoms with Crippen LogP contribution in [0.1, 0.15) is 31.1 Å². The zero-order valence-corrected chi connectivity index (χ0v) is 18.6. The van der Waals surface area contributed by atoms with E-state index in [1.54, 1.807) is 18.5 Å². The standard InChI is InChI=1S/C26H27N5O/c1-5-6-7-8-19(27)16-31-12-11-18-13-17(9-10-22(18)31)21-15-29-25-23(30-21)20(14-28-25)24(32)26(2,3)4/h5-15H,1,16,27H2,2-4H3,(H,28,29)/b7-6-,19-8-. The molecule has 0 aliphatic carbocycles. The Kier molecular flexibility index (Phi) is 5.53. The summed E-state index contributed by atoms with van der Waals surface area (Å²) in [4.78, 5) is 25.2. The molecular weight excluding hydrogens is 398 g/mol. The molecule has 0 saturated heterocycles. The summed E-state index contributed by atoms with van der Waals surface area (Å²) in [5, 5.41) is 1.08. The summed E-state index contributed by atoms with van der Waals surface area (Å²) in [5.41, 5.74) is 10.9. The molecule has 3 heterocycles. The average Bonchev–Trinajstić information content (AvgIpc) is 3.36. The van der Waals surface area contributed by atoms with E-state index >= 15 is 0 Å². The van der Waals surface area contributed by atoms with Gasteiger partial charge >= 0.3 is 0 Å². The number of benzene rings is 1. The number of rotatable bonds is 6. The lowest BCUT2D eigenvalue weighted by Crippen LogP contribution is -2.20. The Morgan fingerprint density at radius 2 is 2.06 bits per heavy atom. The van der Waals surface area contributed by atoms with Gasteiger partial charge in [0.25, 0.3) is 0 Å². The largest absolute Gasteiger partial charge is 0.401 e. The van der Waals surface area contributed by atoms with Gasteiger partial charge in [-0.1, -0.05) is 51.6 Å². The number of carbonyl (C=O) groups is 1. The Morgan fingerprint density at radius 1 is 1.25 bits per heavy atom. The summed E-state index contributed by atoms with van der Waals surface area (Å²) in [6, 6.07) is 8.21. The minimum absolute atomic E-state index is 0.0382. The smallest absolute Gasteiger partial charge is 0.171 e. The maximum absolute atomic E-state index is 12.8. The number of nitrogens with one attached hydrogen (secondary N) is 1. The van der Waals surface area contributed by atoms with Gasteiger partial charge in [-0.3, -0.25) is 4.79 Å². The van der Waals surface area contributed by atoms with Crippen molar-refractivity contribution in [2.24, 2.45) is 11.1 Å². The lowest BCUT2D eigenvalue weighted by Gasteiger charge is -2.15. The third kappa shape index (κ3) is 4.12. The van der Waals surface area contributed by atoms with Crippen LogP contribution >= 0.6 is 0 Å². The molecule has 0 atom stereocenters. The van der Waals surface area contributed by atoms with Crippen molar-refractivity contribution in [2.75, 3.05) is 0 Å². The number of nitrogens with two attached hydrogens (primary N) is 1. The Labute approximate surface area is 187 Å². The fourth-order valence-electron chi connectivity index (χ4n) is 3.61. The van der Waals surface area contributed by atoms with Crippen molar-refractivity contribution in [1.82, 2.24) is 19.5 Å².